The minimum absolute atomic E-state index is 0.0904. The van der Waals surface area contributed by atoms with E-state index in [9.17, 15) is 14.4 Å². The molecule has 0 aromatic carbocycles. The number of hydrogen-bond acceptors (Lipinski definition) is 6. The molecule has 0 spiro atoms. The Kier molecular flexibility index (Phi) is 67.2. The molecule has 0 aliphatic carbocycles. The van der Waals surface area contributed by atoms with Crippen LogP contribution in [0, 0.1) is 0 Å². The second kappa shape index (κ2) is 70.6. The van der Waals surface area contributed by atoms with Gasteiger partial charge in [-0.25, -0.2) is 0 Å². The van der Waals surface area contributed by atoms with E-state index in [1.54, 1.807) is 0 Å². The topological polar surface area (TPSA) is 78.9 Å². The van der Waals surface area contributed by atoms with Crippen LogP contribution in [0.15, 0.2) is 109 Å². The average Bonchev–Trinajstić information content (AvgIpc) is 3.49. The van der Waals surface area contributed by atoms with E-state index in [1.165, 1.54) is 180 Å². The van der Waals surface area contributed by atoms with Crippen LogP contribution in [0.4, 0.5) is 0 Å². The molecular formula is C77H132O6. The van der Waals surface area contributed by atoms with Crippen molar-refractivity contribution in [2.45, 2.75) is 348 Å². The third-order valence-electron chi connectivity index (χ3n) is 15.2. The van der Waals surface area contributed by atoms with Gasteiger partial charge in [-0.05, 0) is 128 Å². The summed E-state index contributed by atoms with van der Waals surface area (Å²) in [7, 11) is 0. The zero-order valence-electron chi connectivity index (χ0n) is 54.7. The quantitative estimate of drug-likeness (QED) is 0.0261. The van der Waals surface area contributed by atoms with E-state index in [-0.39, 0.29) is 31.1 Å². The van der Waals surface area contributed by atoms with Crippen molar-refractivity contribution >= 4 is 17.9 Å². The molecule has 0 heterocycles. The number of hydrogen-bond donors (Lipinski definition) is 0. The lowest BCUT2D eigenvalue weighted by Crippen LogP contribution is -2.30. The number of carbonyl (C=O) groups is 3. The maximum absolute atomic E-state index is 13.0. The summed E-state index contributed by atoms with van der Waals surface area (Å²) in [6, 6.07) is 0. The van der Waals surface area contributed by atoms with Crippen molar-refractivity contribution in [3.63, 3.8) is 0 Å². The Morgan fingerprint density at radius 3 is 0.747 bits per heavy atom. The molecule has 0 aliphatic rings. The van der Waals surface area contributed by atoms with Gasteiger partial charge in [-0.1, -0.05) is 304 Å². The zero-order chi connectivity index (χ0) is 59.9. The van der Waals surface area contributed by atoms with Crippen molar-refractivity contribution in [1.29, 1.82) is 0 Å². The van der Waals surface area contributed by atoms with Gasteiger partial charge in [-0.15, -0.1) is 0 Å². The van der Waals surface area contributed by atoms with Crippen LogP contribution in [0.1, 0.15) is 342 Å². The largest absolute Gasteiger partial charge is 0.462 e. The Labute approximate surface area is 514 Å². The first-order valence-corrected chi connectivity index (χ1v) is 35.4. The molecule has 0 bridgehead atoms. The van der Waals surface area contributed by atoms with Crippen LogP contribution in [-0.2, 0) is 28.6 Å². The molecule has 0 aromatic rings. The van der Waals surface area contributed by atoms with Crippen molar-refractivity contribution in [3.05, 3.63) is 109 Å². The molecular weight excluding hydrogens is 1020 g/mol. The molecule has 0 radical (unpaired) electrons. The molecule has 0 amide bonds. The molecule has 476 valence electrons. The first kappa shape index (κ1) is 79.1. The van der Waals surface area contributed by atoms with Crippen molar-refractivity contribution in [1.82, 2.24) is 0 Å². The molecule has 6 nitrogen and oxygen atoms in total. The molecule has 0 N–H and O–H groups in total. The fourth-order valence-corrected chi connectivity index (χ4v) is 9.94. The highest BCUT2D eigenvalue weighted by Crippen LogP contribution is 2.17. The van der Waals surface area contributed by atoms with E-state index in [0.717, 1.165) is 122 Å². The van der Waals surface area contributed by atoms with Crippen LogP contribution < -0.4 is 0 Å². The highest BCUT2D eigenvalue weighted by molar-refractivity contribution is 5.71. The predicted octanol–water partition coefficient (Wildman–Crippen LogP) is 24.6. The lowest BCUT2D eigenvalue weighted by Gasteiger charge is -2.18. The minimum Gasteiger partial charge on any atom is -0.462 e. The second-order valence-corrected chi connectivity index (χ2v) is 23.4. The smallest absolute Gasteiger partial charge is 0.306 e. The summed E-state index contributed by atoms with van der Waals surface area (Å²) in [4.78, 5) is 38.5. The van der Waals surface area contributed by atoms with E-state index in [4.69, 9.17) is 14.2 Å². The first-order valence-electron chi connectivity index (χ1n) is 35.4. The number of unbranched alkanes of at least 4 members (excludes halogenated alkanes) is 35. The molecule has 0 fully saturated rings. The van der Waals surface area contributed by atoms with Crippen LogP contribution in [0.25, 0.3) is 0 Å². The first-order chi connectivity index (χ1) is 41.0. The van der Waals surface area contributed by atoms with Crippen LogP contribution in [0.3, 0.4) is 0 Å². The normalized spacial score (nSPS) is 12.8. The summed E-state index contributed by atoms with van der Waals surface area (Å²) in [6.07, 6.45) is 96.8. The maximum Gasteiger partial charge on any atom is 0.306 e. The maximum atomic E-state index is 13.0. The zero-order valence-corrected chi connectivity index (χ0v) is 54.7. The van der Waals surface area contributed by atoms with E-state index in [0.29, 0.717) is 19.3 Å². The lowest BCUT2D eigenvalue weighted by molar-refractivity contribution is -0.167. The summed E-state index contributed by atoms with van der Waals surface area (Å²) in [5, 5.41) is 0. The van der Waals surface area contributed by atoms with E-state index < -0.39 is 6.10 Å². The number of rotatable bonds is 64. The summed E-state index contributed by atoms with van der Waals surface area (Å²) >= 11 is 0. The molecule has 0 saturated heterocycles. The molecule has 1 unspecified atom stereocenters. The van der Waals surface area contributed by atoms with Gasteiger partial charge in [0.05, 0.1) is 0 Å². The highest BCUT2D eigenvalue weighted by atomic mass is 16.6. The third kappa shape index (κ3) is 68.7. The second-order valence-electron chi connectivity index (χ2n) is 23.4. The Morgan fingerprint density at radius 1 is 0.253 bits per heavy atom. The van der Waals surface area contributed by atoms with Gasteiger partial charge in [-0.3, -0.25) is 14.4 Å². The van der Waals surface area contributed by atoms with Crippen molar-refractivity contribution in [2.75, 3.05) is 13.2 Å². The van der Waals surface area contributed by atoms with Crippen molar-refractivity contribution in [3.8, 4) is 0 Å². The SMILES string of the molecule is CC/C=C\C/C=C\C/C=C\C/C=C\C/C=C\C/C=C\CCCCCCC(=O)OC(COC(=O)CCCCCCC/C=C\CCCCCCCC)COC(=O)CCCCCCCCCCCCCCCCC/C=C\C/C=C\CCCCCCC. The van der Waals surface area contributed by atoms with Crippen LogP contribution in [-0.4, -0.2) is 37.2 Å². The van der Waals surface area contributed by atoms with Crippen LogP contribution in [0.2, 0.25) is 0 Å². The predicted molar refractivity (Wildman–Crippen MR) is 362 cm³/mol. The Bertz CT molecular complexity index is 1660. The lowest BCUT2D eigenvalue weighted by atomic mass is 10.0. The van der Waals surface area contributed by atoms with Crippen molar-refractivity contribution in [2.24, 2.45) is 0 Å². The summed E-state index contributed by atoms with van der Waals surface area (Å²) in [6.45, 7) is 6.52. The third-order valence-corrected chi connectivity index (χ3v) is 15.2. The van der Waals surface area contributed by atoms with Gasteiger partial charge < -0.3 is 14.2 Å². The van der Waals surface area contributed by atoms with Gasteiger partial charge in [0.25, 0.3) is 0 Å². The van der Waals surface area contributed by atoms with Gasteiger partial charge in [0.15, 0.2) is 6.10 Å². The minimum atomic E-state index is -0.799. The van der Waals surface area contributed by atoms with Crippen LogP contribution >= 0.6 is 0 Å². The monoisotopic (exact) mass is 1150 g/mol. The standard InChI is InChI=1S/C77H132O6/c1-4-7-10-13-16-19-22-25-28-30-32-34-36-37-38-39-41-42-44-46-49-52-55-58-61-64-67-70-76(79)82-73-74(72-81-75(78)69-66-63-60-57-54-51-48-27-24-21-18-15-12-9-6-3)83-77(80)71-68-65-62-59-56-53-50-47-45-43-40-35-33-31-29-26-23-20-17-14-11-8-5-2/h8,11,17,20,22,25-27,29-30,32-33,35,43,45,48,50,53,74H,4-7,9-10,12-16,18-19,21,23-24,28,31,34,36-42,44,46-47,49,51-52,54-73H2,1-3H3/b11-8-,20-17-,25-22-,29-26-,32-30-,35-33-,45-43-,48-27-,53-50-. The Balaban J connectivity index is 4.37. The van der Waals surface area contributed by atoms with E-state index >= 15 is 0 Å². The van der Waals surface area contributed by atoms with Gasteiger partial charge in [0, 0.05) is 19.3 Å². The highest BCUT2D eigenvalue weighted by Gasteiger charge is 2.19. The fourth-order valence-electron chi connectivity index (χ4n) is 9.94. The molecule has 0 saturated carbocycles. The number of esters is 3. The molecule has 6 heteroatoms. The molecule has 83 heavy (non-hydrogen) atoms. The van der Waals surface area contributed by atoms with Gasteiger partial charge in [-0.2, -0.15) is 0 Å². The summed E-state index contributed by atoms with van der Waals surface area (Å²) in [5.41, 5.74) is 0. The van der Waals surface area contributed by atoms with Gasteiger partial charge in [0.1, 0.15) is 13.2 Å². The summed E-state index contributed by atoms with van der Waals surface area (Å²) in [5.74, 6) is -0.912. The number of carbonyl (C=O) groups excluding carboxylic acids is 3. The Hall–Kier alpha value is -3.93. The Morgan fingerprint density at radius 2 is 0.470 bits per heavy atom. The average molecular weight is 1150 g/mol. The molecule has 0 aromatic heterocycles. The van der Waals surface area contributed by atoms with E-state index in [1.807, 2.05) is 0 Å². The van der Waals surface area contributed by atoms with Crippen molar-refractivity contribution < 1.29 is 28.6 Å². The molecule has 0 rings (SSSR count). The fraction of sp³-hybridized carbons (Fsp3) is 0.727. The molecule has 0 aliphatic heterocycles. The number of allylic oxidation sites excluding steroid dienone is 18. The number of ether oxygens (including phenoxy) is 3. The summed E-state index contributed by atoms with van der Waals surface area (Å²) < 4.78 is 17.0. The molecule has 1 atom stereocenters. The van der Waals surface area contributed by atoms with E-state index in [2.05, 4.69) is 130 Å². The van der Waals surface area contributed by atoms with Gasteiger partial charge in [0.2, 0.25) is 0 Å². The van der Waals surface area contributed by atoms with Gasteiger partial charge >= 0.3 is 17.9 Å². The van der Waals surface area contributed by atoms with Crippen LogP contribution in [0.5, 0.6) is 0 Å².